The van der Waals surface area contributed by atoms with Crippen molar-refractivity contribution >= 4 is 0 Å². The van der Waals surface area contributed by atoms with Crippen LogP contribution in [0.15, 0.2) is 0 Å². The molecule has 0 amide bonds. The molecule has 0 atom stereocenters. The Morgan fingerprint density at radius 2 is 1.41 bits per heavy atom. The van der Waals surface area contributed by atoms with E-state index in [9.17, 15) is 0 Å². The van der Waals surface area contributed by atoms with Crippen molar-refractivity contribution < 1.29 is 14.2 Å². The molecule has 0 radical (unpaired) electrons. The van der Waals surface area contributed by atoms with Crippen LogP contribution in [-0.2, 0) is 14.2 Å². The summed E-state index contributed by atoms with van der Waals surface area (Å²) >= 11 is 0. The maximum atomic E-state index is 5.24. The molecule has 104 valence electrons. The Morgan fingerprint density at radius 3 is 1.94 bits per heavy atom. The van der Waals surface area contributed by atoms with E-state index in [2.05, 4.69) is 12.2 Å². The molecule has 0 spiro atoms. The Morgan fingerprint density at radius 1 is 0.824 bits per heavy atom. The van der Waals surface area contributed by atoms with Crippen LogP contribution in [0.3, 0.4) is 0 Å². The molecule has 0 aromatic rings. The first kappa shape index (κ1) is 16.8. The van der Waals surface area contributed by atoms with E-state index in [1.165, 1.54) is 19.3 Å². The van der Waals surface area contributed by atoms with Gasteiger partial charge in [-0.1, -0.05) is 19.8 Å². The molecule has 0 bridgehead atoms. The van der Waals surface area contributed by atoms with Crippen molar-refractivity contribution in [3.63, 3.8) is 0 Å². The van der Waals surface area contributed by atoms with Gasteiger partial charge in [-0.15, -0.1) is 0 Å². The molecule has 0 rings (SSSR count). The minimum atomic E-state index is -0.852. The van der Waals surface area contributed by atoms with Gasteiger partial charge in [0.05, 0.1) is 0 Å². The third-order valence-corrected chi connectivity index (χ3v) is 2.98. The summed E-state index contributed by atoms with van der Waals surface area (Å²) in [5.41, 5.74) is 0. The molecule has 17 heavy (non-hydrogen) atoms. The zero-order chi connectivity index (χ0) is 13.0. The van der Waals surface area contributed by atoms with Gasteiger partial charge in [0.25, 0.3) is 5.97 Å². The van der Waals surface area contributed by atoms with Crippen molar-refractivity contribution in [1.82, 2.24) is 5.32 Å². The number of ether oxygens (including phenoxy) is 3. The maximum absolute atomic E-state index is 5.24. The molecule has 0 heterocycles. The molecule has 0 aliphatic rings. The van der Waals surface area contributed by atoms with Crippen molar-refractivity contribution in [3.05, 3.63) is 0 Å². The number of methoxy groups -OCH3 is 3. The fourth-order valence-corrected chi connectivity index (χ4v) is 1.75. The van der Waals surface area contributed by atoms with Gasteiger partial charge in [0.2, 0.25) is 0 Å². The third-order valence-electron chi connectivity index (χ3n) is 2.98. The standard InChI is InChI=1S/C13H29NO3/c1-5-6-11-14-12-9-7-8-10-13(15-2,16-3)17-4/h14H,5-12H2,1-4H3. The van der Waals surface area contributed by atoms with E-state index >= 15 is 0 Å². The topological polar surface area (TPSA) is 39.7 Å². The zero-order valence-corrected chi connectivity index (χ0v) is 11.9. The Hall–Kier alpha value is -0.160. The molecule has 0 aliphatic carbocycles. The minimum absolute atomic E-state index is 0.769. The van der Waals surface area contributed by atoms with Gasteiger partial charge < -0.3 is 19.5 Å². The molecule has 1 N–H and O–H groups in total. The molecule has 4 nitrogen and oxygen atoms in total. The average Bonchev–Trinajstić information content (AvgIpc) is 2.38. The fourth-order valence-electron chi connectivity index (χ4n) is 1.75. The summed E-state index contributed by atoms with van der Waals surface area (Å²) in [6.45, 7) is 4.44. The lowest BCUT2D eigenvalue weighted by Crippen LogP contribution is -2.35. The molecular formula is C13H29NO3. The van der Waals surface area contributed by atoms with Gasteiger partial charge in [-0.2, -0.15) is 0 Å². The summed E-state index contributed by atoms with van der Waals surface area (Å²) < 4.78 is 15.7. The second kappa shape index (κ2) is 11.0. The molecular weight excluding hydrogens is 218 g/mol. The van der Waals surface area contributed by atoms with Gasteiger partial charge in [0.1, 0.15) is 0 Å². The Kier molecular flexibility index (Phi) is 10.9. The van der Waals surface area contributed by atoms with Crippen molar-refractivity contribution in [1.29, 1.82) is 0 Å². The lowest BCUT2D eigenvalue weighted by molar-refractivity contribution is -0.355. The van der Waals surface area contributed by atoms with Crippen LogP contribution in [0.2, 0.25) is 0 Å². The predicted octanol–water partition coefficient (Wildman–Crippen LogP) is 2.53. The van der Waals surface area contributed by atoms with E-state index in [1.54, 1.807) is 21.3 Å². The second-order valence-electron chi connectivity index (χ2n) is 4.21. The summed E-state index contributed by atoms with van der Waals surface area (Å²) in [5.74, 6) is -0.852. The summed E-state index contributed by atoms with van der Waals surface area (Å²) in [5, 5.41) is 3.43. The lowest BCUT2D eigenvalue weighted by Gasteiger charge is -2.28. The van der Waals surface area contributed by atoms with Crippen LogP contribution in [0.25, 0.3) is 0 Å². The highest BCUT2D eigenvalue weighted by molar-refractivity contribution is 4.57. The molecule has 0 unspecified atom stereocenters. The molecule has 0 aromatic heterocycles. The van der Waals surface area contributed by atoms with Crippen LogP contribution < -0.4 is 5.32 Å². The maximum Gasteiger partial charge on any atom is 0.282 e. The van der Waals surface area contributed by atoms with Crippen LogP contribution in [0.4, 0.5) is 0 Å². The summed E-state index contributed by atoms with van der Waals surface area (Å²) in [6.07, 6.45) is 6.69. The van der Waals surface area contributed by atoms with Crippen molar-refractivity contribution in [2.45, 2.75) is 51.4 Å². The van der Waals surface area contributed by atoms with Crippen LogP contribution in [-0.4, -0.2) is 40.4 Å². The quantitative estimate of drug-likeness (QED) is 0.425. The summed E-state index contributed by atoms with van der Waals surface area (Å²) in [4.78, 5) is 0. The first-order chi connectivity index (χ1) is 8.24. The van der Waals surface area contributed by atoms with Crippen molar-refractivity contribution in [3.8, 4) is 0 Å². The SMILES string of the molecule is CCCCNCCCCCC(OC)(OC)OC. The Labute approximate surface area is 106 Å². The lowest BCUT2D eigenvalue weighted by atomic mass is 10.1. The highest BCUT2D eigenvalue weighted by Crippen LogP contribution is 2.20. The zero-order valence-electron chi connectivity index (χ0n) is 11.9. The molecule has 0 aromatic carbocycles. The number of hydrogen-bond donors (Lipinski definition) is 1. The van der Waals surface area contributed by atoms with E-state index < -0.39 is 5.97 Å². The van der Waals surface area contributed by atoms with Gasteiger partial charge in [-0.05, 0) is 32.4 Å². The molecule has 0 saturated heterocycles. The van der Waals surface area contributed by atoms with Crippen molar-refractivity contribution in [2.24, 2.45) is 0 Å². The number of hydrogen-bond acceptors (Lipinski definition) is 4. The van der Waals surface area contributed by atoms with Gasteiger partial charge in [-0.3, -0.25) is 0 Å². The molecule has 4 heteroatoms. The van der Waals surface area contributed by atoms with E-state index in [1.807, 2.05) is 0 Å². The first-order valence-corrected chi connectivity index (χ1v) is 6.60. The highest BCUT2D eigenvalue weighted by Gasteiger charge is 2.28. The normalized spacial score (nSPS) is 12.0. The number of nitrogens with one attached hydrogen (secondary N) is 1. The largest absolute Gasteiger partial charge is 0.331 e. The van der Waals surface area contributed by atoms with E-state index in [0.717, 1.165) is 32.4 Å². The Bertz CT molecular complexity index is 152. The molecule has 0 fully saturated rings. The van der Waals surface area contributed by atoms with Gasteiger partial charge in [0, 0.05) is 27.8 Å². The Balaban J connectivity index is 3.43. The van der Waals surface area contributed by atoms with Gasteiger partial charge >= 0.3 is 0 Å². The van der Waals surface area contributed by atoms with Gasteiger partial charge in [-0.25, -0.2) is 0 Å². The summed E-state index contributed by atoms with van der Waals surface area (Å²) in [6, 6.07) is 0. The summed E-state index contributed by atoms with van der Waals surface area (Å²) in [7, 11) is 4.83. The predicted molar refractivity (Wildman–Crippen MR) is 70.0 cm³/mol. The third kappa shape index (κ3) is 7.71. The average molecular weight is 247 g/mol. The molecule has 0 saturated carbocycles. The fraction of sp³-hybridized carbons (Fsp3) is 1.00. The minimum Gasteiger partial charge on any atom is -0.331 e. The monoisotopic (exact) mass is 247 g/mol. The van der Waals surface area contributed by atoms with E-state index in [-0.39, 0.29) is 0 Å². The van der Waals surface area contributed by atoms with Crippen LogP contribution in [0.1, 0.15) is 45.4 Å². The van der Waals surface area contributed by atoms with E-state index in [4.69, 9.17) is 14.2 Å². The number of unbranched alkanes of at least 4 members (excludes halogenated alkanes) is 3. The smallest absolute Gasteiger partial charge is 0.282 e. The first-order valence-electron chi connectivity index (χ1n) is 6.60. The molecule has 0 aliphatic heterocycles. The van der Waals surface area contributed by atoms with Crippen LogP contribution >= 0.6 is 0 Å². The van der Waals surface area contributed by atoms with E-state index in [0.29, 0.717) is 0 Å². The van der Waals surface area contributed by atoms with Crippen LogP contribution in [0.5, 0.6) is 0 Å². The number of rotatable bonds is 12. The van der Waals surface area contributed by atoms with Crippen LogP contribution in [0, 0.1) is 0 Å². The van der Waals surface area contributed by atoms with Gasteiger partial charge in [0.15, 0.2) is 0 Å². The van der Waals surface area contributed by atoms with Crippen molar-refractivity contribution in [2.75, 3.05) is 34.4 Å². The second-order valence-corrected chi connectivity index (χ2v) is 4.21. The highest BCUT2D eigenvalue weighted by atomic mass is 16.9.